The van der Waals surface area contributed by atoms with Gasteiger partial charge in [0.25, 0.3) is 0 Å². The van der Waals surface area contributed by atoms with Crippen molar-refractivity contribution >= 4 is 19.5 Å². The molecule has 0 atom stereocenters. The van der Waals surface area contributed by atoms with Gasteiger partial charge in [0, 0.05) is 0 Å². The first-order valence-corrected chi connectivity index (χ1v) is 9.11. The molecule has 0 amide bonds. The van der Waals surface area contributed by atoms with E-state index in [4.69, 9.17) is 24.0 Å². The van der Waals surface area contributed by atoms with Crippen molar-refractivity contribution < 1.29 is 33.1 Å². The van der Waals surface area contributed by atoms with Gasteiger partial charge in [-0.3, -0.25) is 9.79 Å². The number of benzene rings is 2. The van der Waals surface area contributed by atoms with Gasteiger partial charge < -0.3 is 18.7 Å². The summed E-state index contributed by atoms with van der Waals surface area (Å²) in [5, 5.41) is 9.52. The van der Waals surface area contributed by atoms with E-state index in [9.17, 15) is 9.83 Å². The minimum atomic E-state index is -4.71. The molecule has 0 spiro atoms. The van der Waals surface area contributed by atoms with E-state index in [0.29, 0.717) is 28.2 Å². The third kappa shape index (κ3) is 5.25. The zero-order chi connectivity index (χ0) is 20.0. The second-order valence-electron chi connectivity index (χ2n) is 5.23. The molecule has 2 N–H and O–H groups in total. The molecule has 0 bridgehead atoms. The summed E-state index contributed by atoms with van der Waals surface area (Å²) >= 11 is 0. The van der Waals surface area contributed by atoms with Crippen molar-refractivity contribution in [3.63, 3.8) is 0 Å². The largest absolute Gasteiger partial charge is 0.524 e. The summed E-state index contributed by atoms with van der Waals surface area (Å²) in [6.07, 6.45) is 1.60. The lowest BCUT2D eigenvalue weighted by Gasteiger charge is -2.12. The number of nitrogens with zero attached hydrogens (tertiary/aromatic N) is 1. The van der Waals surface area contributed by atoms with Crippen LogP contribution in [0.2, 0.25) is 0 Å². The minimum absolute atomic E-state index is 0.104. The fourth-order valence-electron chi connectivity index (χ4n) is 2.33. The molecule has 27 heavy (non-hydrogen) atoms. The van der Waals surface area contributed by atoms with Gasteiger partial charge in [-0.15, -0.1) is 0 Å². The number of methoxy groups -OCH3 is 3. The Bertz CT molecular complexity index is 943. The zero-order valence-electron chi connectivity index (χ0n) is 14.9. The molecule has 0 aliphatic heterocycles. The van der Waals surface area contributed by atoms with Crippen LogP contribution in [0.5, 0.6) is 23.0 Å². The van der Waals surface area contributed by atoms with E-state index in [-0.39, 0.29) is 11.5 Å². The van der Waals surface area contributed by atoms with Crippen LogP contribution >= 0.6 is 7.82 Å². The molecule has 2 rings (SSSR count). The maximum absolute atomic E-state index is 11.0. The van der Waals surface area contributed by atoms with Crippen LogP contribution in [-0.4, -0.2) is 31.1 Å². The highest BCUT2D eigenvalue weighted by molar-refractivity contribution is 7.46. The molecule has 2 aromatic carbocycles. The van der Waals surface area contributed by atoms with Crippen LogP contribution in [-0.2, 0) is 4.57 Å². The molecule has 0 saturated heterocycles. The fourth-order valence-corrected chi connectivity index (χ4v) is 2.74. The molecule has 0 aromatic heterocycles. The van der Waals surface area contributed by atoms with E-state index >= 15 is 0 Å². The van der Waals surface area contributed by atoms with E-state index in [2.05, 4.69) is 10.6 Å². The molecule has 0 heterocycles. The molecule has 0 radical (unpaired) electrons. The van der Waals surface area contributed by atoms with Crippen molar-refractivity contribution in [1.29, 1.82) is 5.26 Å². The molecule has 8 nitrogen and oxygen atoms in total. The first-order valence-electron chi connectivity index (χ1n) is 7.58. The molecule has 2 aromatic rings. The lowest BCUT2D eigenvalue weighted by molar-refractivity contribution is 0.276. The fraction of sp³-hybridized carbons (Fsp3) is 0.167. The number of rotatable bonds is 7. The second-order valence-corrected chi connectivity index (χ2v) is 6.40. The number of nitriles is 1. The summed E-state index contributed by atoms with van der Waals surface area (Å²) in [5.74, 6) is 1.04. The standard InChI is InChI=1S/C18H18NO7P/c1-23-15-7-5-13(10-18(15)25-3)14(11-19)8-12-4-6-16(17(9-12)24-2)26-27(20,21)22/h4-10H,1-3H3,(H2,20,21,22)/b14-8+. The highest BCUT2D eigenvalue weighted by Gasteiger charge is 2.19. The Balaban J connectivity index is 2.43. The minimum Gasteiger partial charge on any atom is -0.493 e. The lowest BCUT2D eigenvalue weighted by atomic mass is 10.0. The zero-order valence-corrected chi connectivity index (χ0v) is 15.8. The van der Waals surface area contributed by atoms with Crippen LogP contribution in [0.3, 0.4) is 0 Å². The van der Waals surface area contributed by atoms with Crippen LogP contribution in [0.1, 0.15) is 11.1 Å². The van der Waals surface area contributed by atoms with Crippen LogP contribution in [0.15, 0.2) is 36.4 Å². The predicted molar refractivity (Wildman–Crippen MR) is 98.7 cm³/mol. The molecule has 142 valence electrons. The van der Waals surface area contributed by atoms with Crippen molar-refractivity contribution in [3.05, 3.63) is 47.5 Å². The molecular formula is C18H18NO7P. The molecule has 0 aliphatic carbocycles. The Morgan fingerprint density at radius 3 is 2.11 bits per heavy atom. The van der Waals surface area contributed by atoms with Gasteiger partial charge in [0.05, 0.1) is 33.0 Å². The number of hydrogen-bond acceptors (Lipinski definition) is 6. The summed E-state index contributed by atoms with van der Waals surface area (Å²) in [5.41, 5.74) is 1.54. The van der Waals surface area contributed by atoms with E-state index in [1.54, 1.807) is 30.3 Å². The van der Waals surface area contributed by atoms with Gasteiger partial charge in [-0.1, -0.05) is 6.07 Å². The van der Waals surface area contributed by atoms with E-state index in [1.165, 1.54) is 33.5 Å². The maximum Gasteiger partial charge on any atom is 0.524 e. The first kappa shape index (κ1) is 20.3. The van der Waals surface area contributed by atoms with Gasteiger partial charge in [-0.2, -0.15) is 5.26 Å². The molecule has 0 unspecified atom stereocenters. The molecule has 0 aliphatic rings. The molecule has 0 fully saturated rings. The smallest absolute Gasteiger partial charge is 0.493 e. The highest BCUT2D eigenvalue weighted by Crippen LogP contribution is 2.42. The topological polar surface area (TPSA) is 118 Å². The summed E-state index contributed by atoms with van der Waals surface area (Å²) in [6.45, 7) is 0. The van der Waals surface area contributed by atoms with Crippen molar-refractivity contribution in [2.45, 2.75) is 0 Å². The van der Waals surface area contributed by atoms with Crippen molar-refractivity contribution in [2.75, 3.05) is 21.3 Å². The third-order valence-electron chi connectivity index (χ3n) is 3.53. The van der Waals surface area contributed by atoms with Gasteiger partial charge in [-0.25, -0.2) is 4.57 Å². The summed E-state index contributed by atoms with van der Waals surface area (Å²) in [7, 11) is -0.350. The quantitative estimate of drug-likeness (QED) is 0.419. The van der Waals surface area contributed by atoms with Crippen LogP contribution in [0.25, 0.3) is 11.6 Å². The average molecular weight is 391 g/mol. The predicted octanol–water partition coefficient (Wildman–Crippen LogP) is 3.25. The van der Waals surface area contributed by atoms with Crippen molar-refractivity contribution in [3.8, 4) is 29.1 Å². The van der Waals surface area contributed by atoms with Crippen LogP contribution < -0.4 is 18.7 Å². The Kier molecular flexibility index (Phi) is 6.48. The number of phosphoric acid groups is 1. The molecule has 9 heteroatoms. The first-order chi connectivity index (χ1) is 12.8. The van der Waals surface area contributed by atoms with E-state index < -0.39 is 7.82 Å². The van der Waals surface area contributed by atoms with E-state index in [0.717, 1.165) is 0 Å². The van der Waals surface area contributed by atoms with Gasteiger partial charge in [-0.05, 0) is 47.5 Å². The summed E-state index contributed by atoms with van der Waals surface area (Å²) in [6, 6.07) is 11.6. The Hall–Kier alpha value is -2.98. The number of allylic oxidation sites excluding steroid dienone is 1. The van der Waals surface area contributed by atoms with Crippen LogP contribution in [0, 0.1) is 11.3 Å². The Morgan fingerprint density at radius 1 is 0.963 bits per heavy atom. The number of ether oxygens (including phenoxy) is 3. The number of hydrogen-bond donors (Lipinski definition) is 2. The monoisotopic (exact) mass is 391 g/mol. The Labute approximate surface area is 156 Å². The van der Waals surface area contributed by atoms with Crippen LogP contribution in [0.4, 0.5) is 0 Å². The maximum atomic E-state index is 11.0. The van der Waals surface area contributed by atoms with Crippen molar-refractivity contribution in [1.82, 2.24) is 0 Å². The molecule has 0 saturated carbocycles. The van der Waals surface area contributed by atoms with Gasteiger partial charge in [0.1, 0.15) is 0 Å². The lowest BCUT2D eigenvalue weighted by Crippen LogP contribution is -1.94. The van der Waals surface area contributed by atoms with E-state index in [1.807, 2.05) is 0 Å². The Morgan fingerprint density at radius 2 is 1.56 bits per heavy atom. The third-order valence-corrected chi connectivity index (χ3v) is 3.97. The van der Waals surface area contributed by atoms with Gasteiger partial charge in [0.2, 0.25) is 0 Å². The SMILES string of the molecule is COc1ccc(/C(C#N)=C/c2ccc(OP(=O)(O)O)c(OC)c2)cc1OC. The second kappa shape index (κ2) is 8.60. The van der Waals surface area contributed by atoms with Crippen molar-refractivity contribution in [2.24, 2.45) is 0 Å². The summed E-state index contributed by atoms with van der Waals surface area (Å²) < 4.78 is 31.1. The average Bonchev–Trinajstić information content (AvgIpc) is 2.65. The van der Waals surface area contributed by atoms with Gasteiger partial charge >= 0.3 is 7.82 Å². The van der Waals surface area contributed by atoms with Gasteiger partial charge in [0.15, 0.2) is 23.0 Å². The summed E-state index contributed by atoms with van der Waals surface area (Å²) in [4.78, 5) is 17.9. The molecular weight excluding hydrogens is 373 g/mol. The normalized spacial score (nSPS) is 11.5. The number of phosphoric ester groups is 1. The highest BCUT2D eigenvalue weighted by atomic mass is 31.2.